The van der Waals surface area contributed by atoms with Crippen molar-refractivity contribution in [3.63, 3.8) is 0 Å². The molecule has 3 aliphatic carbocycles. The third kappa shape index (κ3) is 1.77. The Hall–Kier alpha value is -0.630. The van der Waals surface area contributed by atoms with Gasteiger partial charge in [-0.3, -0.25) is 4.79 Å². The minimum Gasteiger partial charge on any atom is -0.300 e. The van der Waals surface area contributed by atoms with Crippen molar-refractivity contribution < 1.29 is 4.79 Å². The monoisotopic (exact) mass is 306 g/mol. The van der Waals surface area contributed by atoms with Crippen molar-refractivity contribution in [2.75, 3.05) is 0 Å². The summed E-state index contributed by atoms with van der Waals surface area (Å²) in [6.45, 7) is 2.30. The summed E-state index contributed by atoms with van der Waals surface area (Å²) in [4.78, 5) is 11.7. The van der Waals surface area contributed by atoms with Crippen LogP contribution in [0, 0.1) is 17.3 Å². The summed E-state index contributed by atoms with van der Waals surface area (Å²) in [5, 5.41) is 0. The van der Waals surface area contributed by atoms with Crippen LogP contribution in [0.5, 0.6) is 0 Å². The molecule has 0 aromatic heterocycles. The topological polar surface area (TPSA) is 17.1 Å². The van der Waals surface area contributed by atoms with E-state index in [1.807, 2.05) is 0 Å². The van der Waals surface area contributed by atoms with Crippen molar-refractivity contribution in [3.8, 4) is 0 Å². The van der Waals surface area contributed by atoms with E-state index in [0.717, 1.165) is 25.7 Å². The number of carbonyl (C=O) groups is 1. The molecule has 1 nitrogen and oxygen atoms in total. The summed E-state index contributed by atoms with van der Waals surface area (Å²) < 4.78 is 1.20. The lowest BCUT2D eigenvalue weighted by atomic mass is 9.53. The Labute approximate surface area is 117 Å². The number of ketones is 1. The Bertz CT molecular complexity index is 471. The summed E-state index contributed by atoms with van der Waals surface area (Å²) in [7, 11) is 0. The van der Waals surface area contributed by atoms with E-state index < -0.39 is 0 Å². The van der Waals surface area contributed by atoms with Gasteiger partial charge < -0.3 is 0 Å². The Morgan fingerprint density at radius 2 is 2.33 bits per heavy atom. The van der Waals surface area contributed by atoms with Crippen molar-refractivity contribution in [1.82, 2.24) is 0 Å². The van der Waals surface area contributed by atoms with Crippen molar-refractivity contribution >= 4 is 21.7 Å². The highest BCUT2D eigenvalue weighted by molar-refractivity contribution is 9.11. The van der Waals surface area contributed by atoms with Crippen LogP contribution in [0.25, 0.3) is 0 Å². The van der Waals surface area contributed by atoms with Gasteiger partial charge in [-0.15, -0.1) is 0 Å². The van der Waals surface area contributed by atoms with E-state index in [9.17, 15) is 4.79 Å². The second-order valence-corrected chi connectivity index (χ2v) is 6.73. The Kier molecular flexibility index (Phi) is 3.09. The zero-order chi connectivity index (χ0) is 12.8. The molecule has 18 heavy (non-hydrogen) atoms. The van der Waals surface area contributed by atoms with Gasteiger partial charge in [0.05, 0.1) is 0 Å². The fraction of sp³-hybridized carbons (Fsp3) is 0.562. The van der Waals surface area contributed by atoms with Crippen LogP contribution in [-0.2, 0) is 4.79 Å². The van der Waals surface area contributed by atoms with Gasteiger partial charge in [-0.05, 0) is 48.2 Å². The number of halogens is 1. The summed E-state index contributed by atoms with van der Waals surface area (Å²) in [5.74, 6) is 1.54. The number of hydrogen-bond donors (Lipinski definition) is 0. The quantitative estimate of drug-likeness (QED) is 0.695. The molecule has 0 amide bonds. The Balaban J connectivity index is 2.02. The maximum atomic E-state index is 11.7. The van der Waals surface area contributed by atoms with Crippen LogP contribution in [0.1, 0.15) is 39.0 Å². The van der Waals surface area contributed by atoms with Gasteiger partial charge in [0.15, 0.2) is 0 Å². The van der Waals surface area contributed by atoms with Gasteiger partial charge in [0, 0.05) is 17.3 Å². The lowest BCUT2D eigenvalue weighted by Crippen LogP contribution is -2.44. The molecule has 0 heterocycles. The maximum Gasteiger partial charge on any atom is 0.133 e. The smallest absolute Gasteiger partial charge is 0.133 e. The first-order chi connectivity index (χ1) is 8.65. The standard InChI is InChI=1S/C16H19BrO/c1-2-16-8-7-14(18)10-12(16)4-3-11-9-13(17)5-6-15(11)16/h3-5,9,12,15H,2,6-8,10H2,1H3/t12?,15?,16-/m0/s1. The zero-order valence-electron chi connectivity index (χ0n) is 10.8. The van der Waals surface area contributed by atoms with E-state index in [0.29, 0.717) is 23.0 Å². The molecule has 96 valence electrons. The van der Waals surface area contributed by atoms with Gasteiger partial charge in [-0.25, -0.2) is 0 Å². The number of hydrogen-bond acceptors (Lipinski definition) is 1. The van der Waals surface area contributed by atoms with Crippen LogP contribution in [0.2, 0.25) is 0 Å². The molecule has 0 aromatic carbocycles. The average Bonchev–Trinajstić information content (AvgIpc) is 2.38. The molecule has 3 rings (SSSR count). The van der Waals surface area contributed by atoms with E-state index in [1.165, 1.54) is 16.5 Å². The second-order valence-electron chi connectivity index (χ2n) is 5.82. The SMILES string of the molecule is CC[C@]12CCC(=O)CC1C=CC1=CC(Br)=CCC12. The second kappa shape index (κ2) is 4.48. The van der Waals surface area contributed by atoms with Gasteiger partial charge in [0.25, 0.3) is 0 Å². The van der Waals surface area contributed by atoms with Gasteiger partial charge in [0.2, 0.25) is 0 Å². The number of Topliss-reactive ketones (excluding diaryl/α,β-unsaturated/α-hetero) is 1. The van der Waals surface area contributed by atoms with Crippen molar-refractivity contribution in [1.29, 1.82) is 0 Å². The van der Waals surface area contributed by atoms with Crippen molar-refractivity contribution in [2.24, 2.45) is 17.3 Å². The summed E-state index contributed by atoms with van der Waals surface area (Å²) in [5.41, 5.74) is 1.79. The molecule has 1 saturated carbocycles. The zero-order valence-corrected chi connectivity index (χ0v) is 12.4. The largest absolute Gasteiger partial charge is 0.300 e. The molecule has 0 bridgehead atoms. The van der Waals surface area contributed by atoms with Crippen LogP contribution in [-0.4, -0.2) is 5.78 Å². The molecule has 2 unspecified atom stereocenters. The molecule has 1 fully saturated rings. The lowest BCUT2D eigenvalue weighted by Gasteiger charge is -2.51. The van der Waals surface area contributed by atoms with Crippen LogP contribution in [0.4, 0.5) is 0 Å². The lowest BCUT2D eigenvalue weighted by molar-refractivity contribution is -0.125. The van der Waals surface area contributed by atoms with Gasteiger partial charge >= 0.3 is 0 Å². The van der Waals surface area contributed by atoms with E-state index in [2.05, 4.69) is 47.2 Å². The average molecular weight is 307 g/mol. The minimum absolute atomic E-state index is 0.332. The molecule has 3 atom stereocenters. The highest BCUT2D eigenvalue weighted by Gasteiger charge is 2.48. The number of fused-ring (bicyclic) bond motifs is 3. The highest BCUT2D eigenvalue weighted by atomic mass is 79.9. The van der Waals surface area contributed by atoms with Crippen LogP contribution in [0.15, 0.2) is 34.4 Å². The molecular weight excluding hydrogens is 288 g/mol. The Morgan fingerprint density at radius 1 is 1.50 bits per heavy atom. The number of rotatable bonds is 1. The van der Waals surface area contributed by atoms with Gasteiger partial charge in [-0.1, -0.05) is 41.1 Å². The van der Waals surface area contributed by atoms with E-state index in [4.69, 9.17) is 0 Å². The fourth-order valence-electron chi connectivity index (χ4n) is 4.13. The number of allylic oxidation sites excluding steroid dienone is 6. The van der Waals surface area contributed by atoms with E-state index in [-0.39, 0.29) is 0 Å². The molecule has 0 saturated heterocycles. The summed E-state index contributed by atoms with van der Waals surface area (Å²) >= 11 is 3.58. The Morgan fingerprint density at radius 3 is 3.11 bits per heavy atom. The van der Waals surface area contributed by atoms with Crippen molar-refractivity contribution in [2.45, 2.75) is 39.0 Å². The van der Waals surface area contributed by atoms with Crippen LogP contribution in [0.3, 0.4) is 0 Å². The summed E-state index contributed by atoms with van der Waals surface area (Å²) in [6, 6.07) is 0. The predicted molar refractivity (Wildman–Crippen MR) is 77.4 cm³/mol. The first kappa shape index (κ1) is 12.4. The molecule has 2 heteroatoms. The van der Waals surface area contributed by atoms with Gasteiger partial charge in [-0.2, -0.15) is 0 Å². The minimum atomic E-state index is 0.332. The molecule has 0 aromatic rings. The van der Waals surface area contributed by atoms with Crippen LogP contribution >= 0.6 is 15.9 Å². The third-order valence-corrected chi connectivity index (χ3v) is 5.74. The summed E-state index contributed by atoms with van der Waals surface area (Å²) in [6.07, 6.45) is 14.0. The predicted octanol–water partition coefficient (Wildman–Crippen LogP) is 4.55. The molecule has 3 aliphatic rings. The molecule has 0 radical (unpaired) electrons. The maximum absolute atomic E-state index is 11.7. The van der Waals surface area contributed by atoms with E-state index in [1.54, 1.807) is 0 Å². The third-order valence-electron chi connectivity index (χ3n) is 5.18. The van der Waals surface area contributed by atoms with Crippen LogP contribution < -0.4 is 0 Å². The van der Waals surface area contributed by atoms with Gasteiger partial charge in [0.1, 0.15) is 5.78 Å². The van der Waals surface area contributed by atoms with E-state index >= 15 is 0 Å². The molecule has 0 spiro atoms. The van der Waals surface area contributed by atoms with Crippen molar-refractivity contribution in [3.05, 3.63) is 34.4 Å². The molecular formula is C16H19BrO. The first-order valence-electron chi connectivity index (χ1n) is 6.93. The number of carbonyl (C=O) groups excluding carboxylic acids is 1. The normalized spacial score (nSPS) is 38.7. The molecule has 0 N–H and O–H groups in total. The highest BCUT2D eigenvalue weighted by Crippen LogP contribution is 2.56. The molecule has 0 aliphatic heterocycles. The first-order valence-corrected chi connectivity index (χ1v) is 7.72. The fourth-order valence-corrected chi connectivity index (χ4v) is 4.58.